The summed E-state index contributed by atoms with van der Waals surface area (Å²) in [4.78, 5) is 0. The van der Waals surface area contributed by atoms with Crippen LogP contribution in [0.1, 0.15) is 36.5 Å². The van der Waals surface area contributed by atoms with Crippen molar-refractivity contribution in [3.8, 4) is 0 Å². The van der Waals surface area contributed by atoms with Crippen molar-refractivity contribution in [2.75, 3.05) is 7.05 Å². The van der Waals surface area contributed by atoms with Gasteiger partial charge in [0.1, 0.15) is 11.3 Å². The van der Waals surface area contributed by atoms with Gasteiger partial charge < -0.3 is 9.73 Å². The topological polar surface area (TPSA) is 25.2 Å². The second-order valence-electron chi connectivity index (χ2n) is 5.19. The number of benzene rings is 1. The fourth-order valence-electron chi connectivity index (χ4n) is 2.89. The number of hydrogen-bond acceptors (Lipinski definition) is 2. The lowest BCUT2D eigenvalue weighted by atomic mass is 10.0. The van der Waals surface area contributed by atoms with E-state index in [-0.39, 0.29) is 0 Å². The molecule has 2 atom stereocenters. The lowest BCUT2D eigenvalue weighted by Crippen LogP contribution is -2.20. The van der Waals surface area contributed by atoms with Gasteiger partial charge in [-0.25, -0.2) is 0 Å². The maximum Gasteiger partial charge on any atom is 0.134 e. The first kappa shape index (κ1) is 10.8. The van der Waals surface area contributed by atoms with Crippen molar-refractivity contribution in [1.82, 2.24) is 5.32 Å². The molecule has 1 saturated carbocycles. The number of fused-ring (bicyclic) bond motifs is 1. The maximum atomic E-state index is 5.97. The molecule has 1 aliphatic carbocycles. The minimum absolute atomic E-state index is 0.597. The van der Waals surface area contributed by atoms with Gasteiger partial charge in [0, 0.05) is 17.3 Å². The van der Waals surface area contributed by atoms with E-state index in [1.165, 1.54) is 36.0 Å². The molecule has 2 aromatic rings. The molecule has 1 heterocycles. The Morgan fingerprint density at radius 3 is 2.88 bits per heavy atom. The first-order chi connectivity index (χ1) is 8.26. The summed E-state index contributed by atoms with van der Waals surface area (Å²) in [6.45, 7) is 2.12. The Hall–Kier alpha value is -1.28. The fraction of sp³-hybridized carbons (Fsp3) is 0.467. The molecule has 17 heavy (non-hydrogen) atoms. The third kappa shape index (κ3) is 1.98. The van der Waals surface area contributed by atoms with Gasteiger partial charge >= 0.3 is 0 Å². The smallest absolute Gasteiger partial charge is 0.134 e. The van der Waals surface area contributed by atoms with Crippen LogP contribution in [0.15, 0.2) is 28.7 Å². The highest BCUT2D eigenvalue weighted by Crippen LogP contribution is 2.37. The molecule has 1 fully saturated rings. The average molecular weight is 229 g/mol. The summed E-state index contributed by atoms with van der Waals surface area (Å²) < 4.78 is 5.97. The third-order valence-corrected chi connectivity index (χ3v) is 3.93. The zero-order valence-electron chi connectivity index (χ0n) is 10.5. The fourth-order valence-corrected chi connectivity index (χ4v) is 2.89. The Kier molecular flexibility index (Phi) is 2.67. The largest absolute Gasteiger partial charge is 0.461 e. The molecule has 0 radical (unpaired) electrons. The van der Waals surface area contributed by atoms with Gasteiger partial charge in [-0.05, 0) is 51.4 Å². The van der Waals surface area contributed by atoms with Crippen molar-refractivity contribution >= 4 is 11.0 Å². The molecule has 0 spiro atoms. The van der Waals surface area contributed by atoms with Gasteiger partial charge in [-0.15, -0.1) is 0 Å². The average Bonchev–Trinajstić information content (AvgIpc) is 2.93. The normalized spacial score (nSPS) is 24.6. The number of furan rings is 1. The molecule has 3 rings (SSSR count). The Morgan fingerprint density at radius 2 is 2.12 bits per heavy atom. The first-order valence-electron chi connectivity index (χ1n) is 6.43. The van der Waals surface area contributed by atoms with E-state index in [1.54, 1.807) is 0 Å². The van der Waals surface area contributed by atoms with Crippen LogP contribution in [-0.2, 0) is 0 Å². The molecular weight excluding hydrogens is 210 g/mol. The van der Waals surface area contributed by atoms with E-state index in [0.29, 0.717) is 12.0 Å². The van der Waals surface area contributed by atoms with Crippen molar-refractivity contribution in [3.05, 3.63) is 35.6 Å². The number of hydrogen-bond donors (Lipinski definition) is 1. The monoisotopic (exact) mass is 229 g/mol. The number of aryl methyl sites for hydroxylation is 1. The summed E-state index contributed by atoms with van der Waals surface area (Å²) in [6.07, 6.45) is 3.71. The minimum Gasteiger partial charge on any atom is -0.461 e. The highest BCUT2D eigenvalue weighted by molar-refractivity contribution is 5.78. The van der Waals surface area contributed by atoms with E-state index in [4.69, 9.17) is 4.42 Å². The molecule has 2 heteroatoms. The third-order valence-electron chi connectivity index (χ3n) is 3.93. The van der Waals surface area contributed by atoms with Crippen LogP contribution in [0.4, 0.5) is 0 Å². The van der Waals surface area contributed by atoms with E-state index in [0.717, 1.165) is 5.58 Å². The molecule has 0 saturated heterocycles. The maximum absolute atomic E-state index is 5.97. The molecule has 2 unspecified atom stereocenters. The summed E-state index contributed by atoms with van der Waals surface area (Å²) in [6, 6.07) is 9.28. The molecule has 0 aliphatic heterocycles. The van der Waals surface area contributed by atoms with Gasteiger partial charge in [0.05, 0.1) is 0 Å². The molecule has 1 N–H and O–H groups in total. The van der Waals surface area contributed by atoms with Crippen LogP contribution in [0.25, 0.3) is 11.0 Å². The Labute approximate surface area is 102 Å². The van der Waals surface area contributed by atoms with Gasteiger partial charge in [-0.3, -0.25) is 0 Å². The van der Waals surface area contributed by atoms with Gasteiger partial charge in [-0.2, -0.15) is 0 Å². The molecule has 0 amide bonds. The highest BCUT2D eigenvalue weighted by Gasteiger charge is 2.27. The van der Waals surface area contributed by atoms with Crippen molar-refractivity contribution in [2.45, 2.75) is 38.1 Å². The van der Waals surface area contributed by atoms with Crippen LogP contribution in [0.5, 0.6) is 0 Å². The quantitative estimate of drug-likeness (QED) is 0.851. The lowest BCUT2D eigenvalue weighted by molar-refractivity contribution is 0.483. The summed E-state index contributed by atoms with van der Waals surface area (Å²) in [7, 11) is 2.05. The second kappa shape index (κ2) is 4.19. The van der Waals surface area contributed by atoms with Crippen LogP contribution in [0.3, 0.4) is 0 Å². The van der Waals surface area contributed by atoms with E-state index in [9.17, 15) is 0 Å². The molecule has 2 nitrogen and oxygen atoms in total. The van der Waals surface area contributed by atoms with Crippen molar-refractivity contribution in [1.29, 1.82) is 0 Å². The van der Waals surface area contributed by atoms with Gasteiger partial charge in [0.15, 0.2) is 0 Å². The predicted molar refractivity (Wildman–Crippen MR) is 70.4 cm³/mol. The van der Waals surface area contributed by atoms with Crippen LogP contribution in [0, 0.1) is 6.92 Å². The van der Waals surface area contributed by atoms with E-state index in [2.05, 4.69) is 43.6 Å². The van der Waals surface area contributed by atoms with Gasteiger partial charge in [-0.1, -0.05) is 11.6 Å². The summed E-state index contributed by atoms with van der Waals surface area (Å²) in [5, 5.41) is 4.61. The number of rotatable bonds is 2. The second-order valence-corrected chi connectivity index (χ2v) is 5.19. The van der Waals surface area contributed by atoms with Crippen LogP contribution in [0.2, 0.25) is 0 Å². The molecule has 0 bridgehead atoms. The molecule has 1 aliphatic rings. The Morgan fingerprint density at radius 1 is 1.24 bits per heavy atom. The highest BCUT2D eigenvalue weighted by atomic mass is 16.3. The van der Waals surface area contributed by atoms with Crippen LogP contribution in [-0.4, -0.2) is 13.1 Å². The summed E-state index contributed by atoms with van der Waals surface area (Å²) in [5.41, 5.74) is 2.32. The van der Waals surface area contributed by atoms with Gasteiger partial charge in [0.25, 0.3) is 0 Å². The first-order valence-corrected chi connectivity index (χ1v) is 6.43. The molecule has 90 valence electrons. The van der Waals surface area contributed by atoms with E-state index in [1.807, 2.05) is 0 Å². The summed E-state index contributed by atoms with van der Waals surface area (Å²) >= 11 is 0. The van der Waals surface area contributed by atoms with Crippen molar-refractivity contribution < 1.29 is 4.42 Å². The SMILES string of the molecule is CNC1CCC(c2cc3cc(C)ccc3o2)C1. The Balaban J connectivity index is 1.91. The summed E-state index contributed by atoms with van der Waals surface area (Å²) in [5.74, 6) is 1.77. The minimum atomic E-state index is 0.597. The lowest BCUT2D eigenvalue weighted by Gasteiger charge is -2.07. The van der Waals surface area contributed by atoms with Crippen molar-refractivity contribution in [2.24, 2.45) is 0 Å². The predicted octanol–water partition coefficient (Wildman–Crippen LogP) is 3.60. The van der Waals surface area contributed by atoms with Crippen molar-refractivity contribution in [3.63, 3.8) is 0 Å². The van der Waals surface area contributed by atoms with Crippen LogP contribution >= 0.6 is 0 Å². The zero-order valence-corrected chi connectivity index (χ0v) is 10.5. The van der Waals surface area contributed by atoms with E-state index >= 15 is 0 Å². The molecule has 1 aromatic heterocycles. The molecular formula is C15H19NO. The molecule has 1 aromatic carbocycles. The Bertz CT molecular complexity index is 529. The number of nitrogens with one attached hydrogen (secondary N) is 1. The van der Waals surface area contributed by atoms with Crippen LogP contribution < -0.4 is 5.32 Å². The van der Waals surface area contributed by atoms with Gasteiger partial charge in [0.2, 0.25) is 0 Å². The van der Waals surface area contributed by atoms with E-state index < -0.39 is 0 Å². The zero-order chi connectivity index (χ0) is 11.8. The standard InChI is InChI=1S/C15H19NO/c1-10-3-6-14-12(7-10)9-15(17-14)11-4-5-13(8-11)16-2/h3,6-7,9,11,13,16H,4-5,8H2,1-2H3.